The van der Waals surface area contributed by atoms with Crippen molar-refractivity contribution in [1.82, 2.24) is 0 Å². The second-order valence-electron chi connectivity index (χ2n) is 10.9. The molecule has 0 amide bonds. The van der Waals surface area contributed by atoms with Gasteiger partial charge in [-0.3, -0.25) is 24.0 Å². The summed E-state index contributed by atoms with van der Waals surface area (Å²) in [5.41, 5.74) is 0.366. The van der Waals surface area contributed by atoms with Crippen molar-refractivity contribution in [2.75, 3.05) is 13.2 Å². The molecule has 0 bridgehead atoms. The molecule has 1 rings (SSSR count). The molecule has 13 nitrogen and oxygen atoms in total. The molecule has 1 aliphatic rings. The predicted octanol–water partition coefficient (Wildman–Crippen LogP) is 3.02. The van der Waals surface area contributed by atoms with Crippen LogP contribution in [0.25, 0.3) is 0 Å². The molecule has 0 aliphatic carbocycles. The monoisotopic (exact) mass is 626 g/mol. The largest absolute Gasteiger partial charge is 0.463 e. The Hall–Kier alpha value is -3.55. The van der Waals surface area contributed by atoms with E-state index < -0.39 is 72.9 Å². The Balaban J connectivity index is 3.46. The fraction of sp³-hybridized carbons (Fsp3) is 0.645. The summed E-state index contributed by atoms with van der Waals surface area (Å²) >= 11 is 0. The molecule has 248 valence electrons. The molecule has 0 spiro atoms. The van der Waals surface area contributed by atoms with Gasteiger partial charge in [0.25, 0.3) is 0 Å². The van der Waals surface area contributed by atoms with Crippen LogP contribution in [0.15, 0.2) is 36.0 Å². The molecule has 1 aliphatic heterocycles. The highest BCUT2D eigenvalue weighted by Gasteiger charge is 2.53. The SMILES string of the molecule is C=CC(C)(O)CC(C=C(C)CCC=C(C)COC(C)=O)OC1OC(COC(C)=O)C(OC(C)=O)C(OC(C)=O)C1OC(C)=O. The van der Waals surface area contributed by atoms with Gasteiger partial charge in [-0.2, -0.15) is 0 Å². The quantitative estimate of drug-likeness (QED) is 0.151. The van der Waals surface area contributed by atoms with Crippen molar-refractivity contribution in [2.24, 2.45) is 0 Å². The van der Waals surface area contributed by atoms with Crippen molar-refractivity contribution in [2.45, 2.75) is 117 Å². The first-order valence-corrected chi connectivity index (χ1v) is 14.2. The molecule has 1 saturated heterocycles. The summed E-state index contributed by atoms with van der Waals surface area (Å²) in [6, 6.07) is 0. The number of carbonyl (C=O) groups is 5. The van der Waals surface area contributed by atoms with Crippen molar-refractivity contribution in [3.8, 4) is 0 Å². The van der Waals surface area contributed by atoms with Gasteiger partial charge in [-0.05, 0) is 39.2 Å². The van der Waals surface area contributed by atoms with Crippen LogP contribution >= 0.6 is 0 Å². The van der Waals surface area contributed by atoms with Gasteiger partial charge in [-0.15, -0.1) is 6.58 Å². The standard InChI is InChI=1S/C31H46O13/c1-10-31(9,37)15-25(14-18(2)12-11-13-19(3)16-38-20(4)32)43-30-29(42-24(8)36)28(41-23(7)35)27(40-22(6)34)26(44-30)17-39-21(5)33/h10,13-14,25-30,37H,1,11-12,15-17H2,2-9H3. The van der Waals surface area contributed by atoms with Crippen molar-refractivity contribution in [3.05, 3.63) is 36.0 Å². The van der Waals surface area contributed by atoms with Crippen LogP contribution in [0.4, 0.5) is 0 Å². The van der Waals surface area contributed by atoms with Gasteiger partial charge in [0.1, 0.15) is 19.3 Å². The normalized spacial score (nSPS) is 24.2. The summed E-state index contributed by atoms with van der Waals surface area (Å²) < 4.78 is 38.8. The van der Waals surface area contributed by atoms with Crippen molar-refractivity contribution in [3.63, 3.8) is 0 Å². The highest BCUT2D eigenvalue weighted by atomic mass is 16.7. The molecular formula is C31H46O13. The third-order valence-electron chi connectivity index (χ3n) is 6.32. The zero-order valence-corrected chi connectivity index (χ0v) is 26.8. The molecule has 0 radical (unpaired) electrons. The third kappa shape index (κ3) is 14.8. The minimum absolute atomic E-state index is 0.00201. The molecule has 7 unspecified atom stereocenters. The lowest BCUT2D eigenvalue weighted by Gasteiger charge is -2.45. The molecule has 1 N–H and O–H groups in total. The minimum Gasteiger partial charge on any atom is -0.463 e. The number of hydrogen-bond acceptors (Lipinski definition) is 13. The zero-order valence-electron chi connectivity index (χ0n) is 26.8. The Kier molecular flexibility index (Phi) is 16.0. The first-order valence-electron chi connectivity index (χ1n) is 14.2. The number of rotatable bonds is 16. The molecule has 0 aromatic heterocycles. The van der Waals surface area contributed by atoms with E-state index in [1.807, 2.05) is 19.9 Å². The number of ether oxygens (including phenoxy) is 7. The summed E-state index contributed by atoms with van der Waals surface area (Å²) in [5, 5.41) is 10.8. The first kappa shape index (κ1) is 38.5. The van der Waals surface area contributed by atoms with Gasteiger partial charge in [-0.1, -0.05) is 23.8 Å². The van der Waals surface area contributed by atoms with E-state index in [2.05, 4.69) is 6.58 Å². The van der Waals surface area contributed by atoms with E-state index in [0.717, 1.165) is 31.9 Å². The van der Waals surface area contributed by atoms with E-state index in [9.17, 15) is 29.1 Å². The third-order valence-corrected chi connectivity index (χ3v) is 6.32. The number of carbonyl (C=O) groups excluding carboxylic acids is 5. The highest BCUT2D eigenvalue weighted by molar-refractivity contribution is 5.69. The van der Waals surface area contributed by atoms with E-state index in [0.29, 0.717) is 12.8 Å². The Bertz CT molecular complexity index is 1090. The summed E-state index contributed by atoms with van der Waals surface area (Å²) in [5.74, 6) is -3.29. The molecular weight excluding hydrogens is 580 g/mol. The molecule has 0 saturated carbocycles. The van der Waals surface area contributed by atoms with E-state index >= 15 is 0 Å². The van der Waals surface area contributed by atoms with Gasteiger partial charge < -0.3 is 38.3 Å². The second kappa shape index (κ2) is 18.3. The summed E-state index contributed by atoms with van der Waals surface area (Å²) in [7, 11) is 0. The fourth-order valence-corrected chi connectivity index (χ4v) is 4.33. The molecule has 7 atom stereocenters. The fourth-order valence-electron chi connectivity index (χ4n) is 4.33. The van der Waals surface area contributed by atoms with Gasteiger partial charge in [0.15, 0.2) is 24.6 Å². The summed E-state index contributed by atoms with van der Waals surface area (Å²) in [4.78, 5) is 58.9. The topological polar surface area (TPSA) is 170 Å². The van der Waals surface area contributed by atoms with Gasteiger partial charge >= 0.3 is 29.8 Å². The molecule has 44 heavy (non-hydrogen) atoms. The molecule has 0 aromatic carbocycles. The summed E-state index contributed by atoms with van der Waals surface area (Å²) in [6.07, 6.45) is -1.31. The summed E-state index contributed by atoms with van der Waals surface area (Å²) in [6.45, 7) is 14.6. The average Bonchev–Trinajstić information content (AvgIpc) is 2.88. The van der Waals surface area contributed by atoms with Crippen LogP contribution in [0, 0.1) is 0 Å². The Morgan fingerprint density at radius 2 is 1.36 bits per heavy atom. The second-order valence-corrected chi connectivity index (χ2v) is 10.9. The maximum Gasteiger partial charge on any atom is 0.303 e. The van der Waals surface area contributed by atoms with Crippen LogP contribution in [0.2, 0.25) is 0 Å². The highest BCUT2D eigenvalue weighted by Crippen LogP contribution is 2.32. The van der Waals surface area contributed by atoms with Crippen LogP contribution in [-0.4, -0.2) is 90.6 Å². The van der Waals surface area contributed by atoms with E-state index in [1.165, 1.54) is 26.8 Å². The Labute approximate surface area is 258 Å². The van der Waals surface area contributed by atoms with Crippen LogP contribution in [0.3, 0.4) is 0 Å². The van der Waals surface area contributed by atoms with E-state index in [-0.39, 0.29) is 19.0 Å². The molecule has 13 heteroatoms. The lowest BCUT2D eigenvalue weighted by Crippen LogP contribution is -2.63. The Morgan fingerprint density at radius 3 is 1.89 bits per heavy atom. The van der Waals surface area contributed by atoms with Gasteiger partial charge in [0.05, 0.1) is 11.7 Å². The molecule has 0 aromatic rings. The van der Waals surface area contributed by atoms with Gasteiger partial charge in [0, 0.05) is 41.0 Å². The average molecular weight is 627 g/mol. The van der Waals surface area contributed by atoms with Crippen molar-refractivity contribution >= 4 is 29.8 Å². The smallest absolute Gasteiger partial charge is 0.303 e. The molecule has 1 fully saturated rings. The van der Waals surface area contributed by atoms with Gasteiger partial charge in [-0.25, -0.2) is 0 Å². The maximum atomic E-state index is 12.2. The number of allylic oxidation sites excluding steroid dienone is 2. The maximum absolute atomic E-state index is 12.2. The van der Waals surface area contributed by atoms with Crippen LogP contribution in [0.1, 0.15) is 74.7 Å². The minimum atomic E-state index is -1.42. The number of esters is 5. The first-order chi connectivity index (χ1) is 20.4. The van der Waals surface area contributed by atoms with Crippen LogP contribution < -0.4 is 0 Å². The zero-order chi connectivity index (χ0) is 33.6. The predicted molar refractivity (Wildman–Crippen MR) is 156 cm³/mol. The van der Waals surface area contributed by atoms with Crippen LogP contribution in [0.5, 0.6) is 0 Å². The molecule has 1 heterocycles. The lowest BCUT2D eigenvalue weighted by molar-refractivity contribution is -0.315. The number of hydrogen-bond donors (Lipinski definition) is 1. The van der Waals surface area contributed by atoms with E-state index in [4.69, 9.17) is 33.2 Å². The van der Waals surface area contributed by atoms with E-state index in [1.54, 1.807) is 6.08 Å². The van der Waals surface area contributed by atoms with Gasteiger partial charge in [0.2, 0.25) is 0 Å². The lowest BCUT2D eigenvalue weighted by atomic mass is 9.95. The van der Waals surface area contributed by atoms with Crippen molar-refractivity contribution in [1.29, 1.82) is 0 Å². The van der Waals surface area contributed by atoms with Crippen LogP contribution in [-0.2, 0) is 57.1 Å². The van der Waals surface area contributed by atoms with Crippen molar-refractivity contribution < 1.29 is 62.2 Å². The number of aliphatic hydroxyl groups is 1. The Morgan fingerprint density at radius 1 is 0.818 bits per heavy atom.